The van der Waals surface area contributed by atoms with Gasteiger partial charge in [-0.2, -0.15) is 0 Å². The first-order valence-electron chi connectivity index (χ1n) is 7.47. The SMILES string of the molecule is CCOC(=O)C(CCCCN(C)C(C)C)C(=O)OCC. The maximum atomic E-state index is 11.8. The van der Waals surface area contributed by atoms with Gasteiger partial charge < -0.3 is 14.4 Å². The smallest absolute Gasteiger partial charge is 0.320 e. The Morgan fingerprint density at radius 3 is 1.90 bits per heavy atom. The maximum absolute atomic E-state index is 11.8. The fraction of sp³-hybridized carbons (Fsp3) is 0.867. The fourth-order valence-corrected chi connectivity index (χ4v) is 1.79. The summed E-state index contributed by atoms with van der Waals surface area (Å²) in [5, 5.41) is 0. The van der Waals surface area contributed by atoms with Gasteiger partial charge in [0.1, 0.15) is 0 Å². The molecule has 0 bridgehead atoms. The summed E-state index contributed by atoms with van der Waals surface area (Å²) < 4.78 is 9.88. The van der Waals surface area contributed by atoms with Crippen LogP contribution in [0, 0.1) is 5.92 Å². The van der Waals surface area contributed by atoms with Gasteiger partial charge in [-0.3, -0.25) is 9.59 Å². The van der Waals surface area contributed by atoms with Gasteiger partial charge in [0, 0.05) is 6.04 Å². The Bertz CT molecular complexity index is 274. The van der Waals surface area contributed by atoms with E-state index in [0.29, 0.717) is 12.5 Å². The number of carbonyl (C=O) groups excluding carboxylic acids is 2. The molecule has 5 heteroatoms. The molecule has 0 radical (unpaired) electrons. The van der Waals surface area contributed by atoms with Crippen molar-refractivity contribution in [1.29, 1.82) is 0 Å². The van der Waals surface area contributed by atoms with E-state index in [1.54, 1.807) is 13.8 Å². The summed E-state index contributed by atoms with van der Waals surface area (Å²) in [6.45, 7) is 9.27. The summed E-state index contributed by atoms with van der Waals surface area (Å²) >= 11 is 0. The van der Waals surface area contributed by atoms with Crippen molar-refractivity contribution in [3.63, 3.8) is 0 Å². The topological polar surface area (TPSA) is 55.8 Å². The van der Waals surface area contributed by atoms with E-state index < -0.39 is 17.9 Å². The minimum absolute atomic E-state index is 0.283. The van der Waals surface area contributed by atoms with Gasteiger partial charge >= 0.3 is 11.9 Å². The van der Waals surface area contributed by atoms with Crippen LogP contribution in [0.4, 0.5) is 0 Å². The Labute approximate surface area is 122 Å². The van der Waals surface area contributed by atoms with Crippen LogP contribution in [0.3, 0.4) is 0 Å². The molecule has 0 aliphatic rings. The van der Waals surface area contributed by atoms with E-state index in [4.69, 9.17) is 9.47 Å². The van der Waals surface area contributed by atoms with Crippen LogP contribution >= 0.6 is 0 Å². The van der Waals surface area contributed by atoms with Crippen molar-refractivity contribution in [2.24, 2.45) is 5.92 Å². The van der Waals surface area contributed by atoms with Gasteiger partial charge in [0.25, 0.3) is 0 Å². The highest BCUT2D eigenvalue weighted by Crippen LogP contribution is 2.14. The van der Waals surface area contributed by atoms with Crippen LogP contribution in [0.5, 0.6) is 0 Å². The van der Waals surface area contributed by atoms with E-state index >= 15 is 0 Å². The lowest BCUT2D eigenvalue weighted by molar-refractivity contribution is -0.161. The first-order valence-corrected chi connectivity index (χ1v) is 7.47. The Balaban J connectivity index is 4.23. The van der Waals surface area contributed by atoms with Gasteiger partial charge in [0.05, 0.1) is 13.2 Å². The average Bonchev–Trinajstić information content (AvgIpc) is 2.38. The molecule has 20 heavy (non-hydrogen) atoms. The summed E-state index contributed by atoms with van der Waals surface area (Å²) in [5.74, 6) is -1.72. The normalized spacial score (nSPS) is 11.2. The van der Waals surface area contributed by atoms with Crippen LogP contribution in [0.2, 0.25) is 0 Å². The van der Waals surface area contributed by atoms with E-state index in [1.165, 1.54) is 0 Å². The fourth-order valence-electron chi connectivity index (χ4n) is 1.79. The Morgan fingerprint density at radius 2 is 1.50 bits per heavy atom. The van der Waals surface area contributed by atoms with E-state index in [-0.39, 0.29) is 13.2 Å². The third-order valence-electron chi connectivity index (χ3n) is 3.28. The van der Waals surface area contributed by atoms with Gasteiger partial charge in [-0.15, -0.1) is 0 Å². The lowest BCUT2D eigenvalue weighted by atomic mass is 10.0. The molecular formula is C15H29NO4. The Hall–Kier alpha value is -1.10. The minimum atomic E-state index is -0.778. The third kappa shape index (κ3) is 7.48. The number of hydrogen-bond donors (Lipinski definition) is 0. The first-order chi connectivity index (χ1) is 9.43. The van der Waals surface area contributed by atoms with Crippen molar-refractivity contribution in [1.82, 2.24) is 4.90 Å². The van der Waals surface area contributed by atoms with Crippen LogP contribution < -0.4 is 0 Å². The maximum Gasteiger partial charge on any atom is 0.320 e. The number of esters is 2. The molecule has 0 N–H and O–H groups in total. The highest BCUT2D eigenvalue weighted by atomic mass is 16.6. The monoisotopic (exact) mass is 287 g/mol. The van der Waals surface area contributed by atoms with E-state index in [2.05, 4.69) is 25.8 Å². The molecule has 0 aromatic rings. The van der Waals surface area contributed by atoms with Crippen molar-refractivity contribution in [2.75, 3.05) is 26.8 Å². The van der Waals surface area contributed by atoms with Crippen molar-refractivity contribution < 1.29 is 19.1 Å². The van der Waals surface area contributed by atoms with Crippen LogP contribution in [0.15, 0.2) is 0 Å². The molecule has 0 amide bonds. The average molecular weight is 287 g/mol. The van der Waals surface area contributed by atoms with Crippen LogP contribution in [-0.4, -0.2) is 49.7 Å². The molecule has 0 fully saturated rings. The van der Waals surface area contributed by atoms with E-state index in [9.17, 15) is 9.59 Å². The molecule has 0 saturated heterocycles. The predicted octanol–water partition coefficient (Wildman–Crippen LogP) is 2.24. The van der Waals surface area contributed by atoms with Crippen molar-refractivity contribution in [3.05, 3.63) is 0 Å². The van der Waals surface area contributed by atoms with Gasteiger partial charge in [0.2, 0.25) is 0 Å². The zero-order valence-corrected chi connectivity index (χ0v) is 13.5. The first kappa shape index (κ1) is 18.9. The quantitative estimate of drug-likeness (QED) is 0.350. The molecule has 5 nitrogen and oxygen atoms in total. The second kappa shape index (κ2) is 10.7. The van der Waals surface area contributed by atoms with Crippen molar-refractivity contribution in [2.45, 2.75) is 53.0 Å². The van der Waals surface area contributed by atoms with Crippen LogP contribution in [0.25, 0.3) is 0 Å². The number of rotatable bonds is 10. The van der Waals surface area contributed by atoms with Gasteiger partial charge in [0.15, 0.2) is 5.92 Å². The standard InChI is InChI=1S/C15H29NO4/c1-6-19-14(17)13(15(18)20-7-2)10-8-9-11-16(5)12(3)4/h12-13H,6-11H2,1-5H3. The number of ether oxygens (including phenoxy) is 2. The largest absolute Gasteiger partial charge is 0.465 e. The highest BCUT2D eigenvalue weighted by Gasteiger charge is 2.28. The molecule has 0 spiro atoms. The molecule has 118 valence electrons. The lowest BCUT2D eigenvalue weighted by Gasteiger charge is -2.21. The van der Waals surface area contributed by atoms with Crippen molar-refractivity contribution in [3.8, 4) is 0 Å². The summed E-state index contributed by atoms with van der Waals surface area (Å²) in [4.78, 5) is 25.8. The number of carbonyl (C=O) groups is 2. The third-order valence-corrected chi connectivity index (χ3v) is 3.28. The predicted molar refractivity (Wildman–Crippen MR) is 78.4 cm³/mol. The number of hydrogen-bond acceptors (Lipinski definition) is 5. The molecule has 0 aromatic carbocycles. The second-order valence-corrected chi connectivity index (χ2v) is 5.13. The second-order valence-electron chi connectivity index (χ2n) is 5.13. The van der Waals surface area contributed by atoms with Crippen LogP contribution in [0.1, 0.15) is 47.0 Å². The highest BCUT2D eigenvalue weighted by molar-refractivity contribution is 5.94. The summed E-state index contributed by atoms with van der Waals surface area (Å²) in [7, 11) is 2.07. The lowest BCUT2D eigenvalue weighted by Crippen LogP contribution is -2.29. The van der Waals surface area contributed by atoms with Crippen molar-refractivity contribution >= 4 is 11.9 Å². The summed E-state index contributed by atoms with van der Waals surface area (Å²) in [5.41, 5.74) is 0. The molecule has 0 aromatic heterocycles. The zero-order chi connectivity index (χ0) is 15.5. The molecule has 0 saturated carbocycles. The Morgan fingerprint density at radius 1 is 1.00 bits per heavy atom. The molecular weight excluding hydrogens is 258 g/mol. The molecule has 0 aliphatic heterocycles. The van der Waals surface area contributed by atoms with E-state index in [1.807, 2.05) is 0 Å². The molecule has 0 rings (SSSR count). The molecule has 0 atom stereocenters. The minimum Gasteiger partial charge on any atom is -0.465 e. The number of unbranched alkanes of at least 4 members (excludes halogenated alkanes) is 1. The summed E-state index contributed by atoms with van der Waals surface area (Å²) in [6.07, 6.45) is 2.24. The van der Waals surface area contributed by atoms with Crippen LogP contribution in [-0.2, 0) is 19.1 Å². The van der Waals surface area contributed by atoms with E-state index in [0.717, 1.165) is 19.4 Å². The number of nitrogens with zero attached hydrogens (tertiary/aromatic N) is 1. The Kier molecular flexibility index (Phi) is 10.1. The molecule has 0 unspecified atom stereocenters. The summed E-state index contributed by atoms with van der Waals surface area (Å²) in [6, 6.07) is 0.501. The molecule has 0 heterocycles. The van der Waals surface area contributed by atoms with Gasteiger partial charge in [-0.1, -0.05) is 6.42 Å². The van der Waals surface area contributed by atoms with Gasteiger partial charge in [-0.25, -0.2) is 0 Å². The zero-order valence-electron chi connectivity index (χ0n) is 13.5. The molecule has 0 aliphatic carbocycles. The van der Waals surface area contributed by atoms with Gasteiger partial charge in [-0.05, 0) is 54.1 Å².